The first-order chi connectivity index (χ1) is 7.27. The van der Waals surface area contributed by atoms with Crippen LogP contribution in [0.3, 0.4) is 0 Å². The molecule has 3 nitrogen and oxygen atoms in total. The summed E-state index contributed by atoms with van der Waals surface area (Å²) < 4.78 is 22.8. The van der Waals surface area contributed by atoms with Crippen molar-refractivity contribution in [3.63, 3.8) is 0 Å². The molecular weight excluding hydrogens is 197 g/mol. The molecule has 15 heavy (non-hydrogen) atoms. The van der Waals surface area contributed by atoms with Crippen molar-refractivity contribution in [2.45, 2.75) is 6.54 Å². The molecule has 0 atom stereocenters. The molecule has 84 valence electrons. The van der Waals surface area contributed by atoms with Gasteiger partial charge in [-0.25, -0.2) is 4.39 Å². The van der Waals surface area contributed by atoms with Crippen LogP contribution in [0.2, 0.25) is 0 Å². The van der Waals surface area contributed by atoms with Gasteiger partial charge in [-0.15, -0.1) is 0 Å². The largest absolute Gasteiger partial charge is 0.496 e. The summed E-state index contributed by atoms with van der Waals surface area (Å²) in [7, 11) is 3.19. The Morgan fingerprint density at radius 3 is 2.80 bits per heavy atom. The Morgan fingerprint density at radius 2 is 2.13 bits per heavy atom. The van der Waals surface area contributed by atoms with E-state index < -0.39 is 0 Å². The highest BCUT2D eigenvalue weighted by Gasteiger charge is 2.03. The first-order valence-electron chi connectivity index (χ1n) is 4.80. The monoisotopic (exact) mass is 213 g/mol. The van der Waals surface area contributed by atoms with Gasteiger partial charge in [0.1, 0.15) is 11.6 Å². The maximum Gasteiger partial charge on any atom is 0.126 e. The topological polar surface area (TPSA) is 30.5 Å². The third-order valence-electron chi connectivity index (χ3n) is 2.05. The van der Waals surface area contributed by atoms with Crippen LogP contribution >= 0.6 is 0 Å². The van der Waals surface area contributed by atoms with Crippen LogP contribution in [0.4, 0.5) is 4.39 Å². The van der Waals surface area contributed by atoms with Gasteiger partial charge in [0.15, 0.2) is 0 Å². The molecule has 0 aromatic heterocycles. The summed E-state index contributed by atoms with van der Waals surface area (Å²) in [4.78, 5) is 0. The van der Waals surface area contributed by atoms with Crippen molar-refractivity contribution >= 4 is 0 Å². The third kappa shape index (κ3) is 3.85. The molecule has 0 aliphatic carbocycles. The Labute approximate surface area is 89.2 Å². The molecule has 0 saturated heterocycles. The first-order valence-corrected chi connectivity index (χ1v) is 4.80. The average molecular weight is 213 g/mol. The van der Waals surface area contributed by atoms with E-state index in [0.717, 1.165) is 12.1 Å². The lowest BCUT2D eigenvalue weighted by atomic mass is 10.2. The Hall–Kier alpha value is -1.13. The van der Waals surface area contributed by atoms with Crippen LogP contribution < -0.4 is 10.1 Å². The fraction of sp³-hybridized carbons (Fsp3) is 0.455. The molecule has 1 rings (SSSR count). The van der Waals surface area contributed by atoms with E-state index in [-0.39, 0.29) is 5.82 Å². The molecule has 0 unspecified atom stereocenters. The van der Waals surface area contributed by atoms with Crippen LogP contribution in [0.25, 0.3) is 0 Å². The third-order valence-corrected chi connectivity index (χ3v) is 2.05. The number of hydrogen-bond donors (Lipinski definition) is 1. The minimum absolute atomic E-state index is 0.285. The van der Waals surface area contributed by atoms with Gasteiger partial charge in [-0.05, 0) is 6.07 Å². The number of halogens is 1. The Morgan fingerprint density at radius 1 is 1.33 bits per heavy atom. The van der Waals surface area contributed by atoms with Crippen molar-refractivity contribution in [1.29, 1.82) is 0 Å². The van der Waals surface area contributed by atoms with Gasteiger partial charge in [-0.2, -0.15) is 0 Å². The summed E-state index contributed by atoms with van der Waals surface area (Å²) >= 11 is 0. The van der Waals surface area contributed by atoms with Crippen LogP contribution in [-0.2, 0) is 11.3 Å². The molecular formula is C11H16FNO2. The summed E-state index contributed by atoms with van der Waals surface area (Å²) in [6.45, 7) is 2.06. The lowest BCUT2D eigenvalue weighted by Gasteiger charge is -2.09. The maximum absolute atomic E-state index is 12.9. The van der Waals surface area contributed by atoms with Gasteiger partial charge in [-0.3, -0.25) is 0 Å². The molecule has 0 amide bonds. The molecule has 0 saturated carbocycles. The highest BCUT2D eigenvalue weighted by atomic mass is 19.1. The van der Waals surface area contributed by atoms with E-state index in [0.29, 0.717) is 18.9 Å². The smallest absolute Gasteiger partial charge is 0.126 e. The molecule has 1 N–H and O–H groups in total. The second-order valence-corrected chi connectivity index (χ2v) is 3.13. The van der Waals surface area contributed by atoms with E-state index in [2.05, 4.69) is 5.32 Å². The van der Waals surface area contributed by atoms with Crippen molar-refractivity contribution in [1.82, 2.24) is 5.32 Å². The maximum atomic E-state index is 12.9. The van der Waals surface area contributed by atoms with Crippen molar-refractivity contribution in [3.05, 3.63) is 29.6 Å². The molecule has 1 aromatic rings. The predicted molar refractivity (Wildman–Crippen MR) is 56.5 cm³/mol. The summed E-state index contributed by atoms with van der Waals surface area (Å²) in [5.74, 6) is 0.285. The molecule has 0 aliphatic rings. The Kier molecular flexibility index (Phi) is 5.07. The fourth-order valence-corrected chi connectivity index (χ4v) is 1.26. The van der Waals surface area contributed by atoms with E-state index in [1.165, 1.54) is 19.2 Å². The number of rotatable bonds is 6. The SMILES string of the molecule is COCCNCc1ccc(F)cc1OC. The zero-order valence-electron chi connectivity index (χ0n) is 9.05. The highest BCUT2D eigenvalue weighted by molar-refractivity contribution is 5.33. The van der Waals surface area contributed by atoms with Crippen LogP contribution in [0.15, 0.2) is 18.2 Å². The number of benzene rings is 1. The van der Waals surface area contributed by atoms with Gasteiger partial charge in [0.05, 0.1) is 13.7 Å². The van der Waals surface area contributed by atoms with E-state index in [9.17, 15) is 4.39 Å². The van der Waals surface area contributed by atoms with Crippen molar-refractivity contribution in [3.8, 4) is 5.75 Å². The predicted octanol–water partition coefficient (Wildman–Crippen LogP) is 1.57. The minimum atomic E-state index is -0.285. The molecule has 0 aliphatic heterocycles. The zero-order valence-corrected chi connectivity index (χ0v) is 9.05. The second kappa shape index (κ2) is 6.37. The van der Waals surface area contributed by atoms with E-state index in [1.54, 1.807) is 13.2 Å². The van der Waals surface area contributed by atoms with E-state index in [1.807, 2.05) is 0 Å². The molecule has 0 heterocycles. The van der Waals surface area contributed by atoms with Crippen LogP contribution in [-0.4, -0.2) is 27.4 Å². The quantitative estimate of drug-likeness (QED) is 0.728. The van der Waals surface area contributed by atoms with Gasteiger partial charge in [0.25, 0.3) is 0 Å². The van der Waals surface area contributed by atoms with Crippen LogP contribution in [0.1, 0.15) is 5.56 Å². The summed E-state index contributed by atoms with van der Waals surface area (Å²) in [6, 6.07) is 4.52. The van der Waals surface area contributed by atoms with Crippen molar-refractivity contribution in [2.75, 3.05) is 27.4 Å². The molecule has 0 bridgehead atoms. The van der Waals surface area contributed by atoms with Crippen molar-refractivity contribution in [2.24, 2.45) is 0 Å². The molecule has 1 aromatic carbocycles. The van der Waals surface area contributed by atoms with Gasteiger partial charge in [-0.1, -0.05) is 6.07 Å². The van der Waals surface area contributed by atoms with E-state index in [4.69, 9.17) is 9.47 Å². The zero-order chi connectivity index (χ0) is 11.1. The lowest BCUT2D eigenvalue weighted by Crippen LogP contribution is -2.18. The fourth-order valence-electron chi connectivity index (χ4n) is 1.26. The minimum Gasteiger partial charge on any atom is -0.496 e. The van der Waals surface area contributed by atoms with Gasteiger partial charge in [0, 0.05) is 31.8 Å². The van der Waals surface area contributed by atoms with Gasteiger partial charge >= 0.3 is 0 Å². The Bertz CT molecular complexity index is 305. The lowest BCUT2D eigenvalue weighted by molar-refractivity contribution is 0.199. The summed E-state index contributed by atoms with van der Waals surface area (Å²) in [5.41, 5.74) is 0.940. The average Bonchev–Trinajstić information content (AvgIpc) is 2.26. The van der Waals surface area contributed by atoms with Gasteiger partial charge < -0.3 is 14.8 Å². The van der Waals surface area contributed by atoms with Crippen LogP contribution in [0, 0.1) is 5.82 Å². The molecule has 0 radical (unpaired) electrons. The number of ether oxygens (including phenoxy) is 2. The number of nitrogens with one attached hydrogen (secondary N) is 1. The number of hydrogen-bond acceptors (Lipinski definition) is 3. The highest BCUT2D eigenvalue weighted by Crippen LogP contribution is 2.18. The summed E-state index contributed by atoms with van der Waals surface area (Å²) in [6.07, 6.45) is 0. The second-order valence-electron chi connectivity index (χ2n) is 3.13. The molecule has 0 spiro atoms. The summed E-state index contributed by atoms with van der Waals surface area (Å²) in [5, 5.41) is 3.17. The first kappa shape index (κ1) is 11.9. The van der Waals surface area contributed by atoms with E-state index >= 15 is 0 Å². The number of methoxy groups -OCH3 is 2. The standard InChI is InChI=1S/C11H16FNO2/c1-14-6-5-13-8-9-3-4-10(12)7-11(9)15-2/h3-4,7,13H,5-6,8H2,1-2H3. The molecule has 4 heteroatoms. The van der Waals surface area contributed by atoms with Gasteiger partial charge in [0.2, 0.25) is 0 Å². The normalized spacial score (nSPS) is 10.3. The van der Waals surface area contributed by atoms with Crippen LogP contribution in [0.5, 0.6) is 5.75 Å². The Balaban J connectivity index is 2.52. The molecule has 0 fully saturated rings. The van der Waals surface area contributed by atoms with Crippen molar-refractivity contribution < 1.29 is 13.9 Å².